The Labute approximate surface area is 81.0 Å². The van der Waals surface area contributed by atoms with Gasteiger partial charge in [-0.25, -0.2) is 8.78 Å². The van der Waals surface area contributed by atoms with E-state index in [1.165, 1.54) is 6.07 Å². The molecule has 1 aliphatic rings. The second-order valence-electron chi connectivity index (χ2n) is 3.26. The highest BCUT2D eigenvalue weighted by Gasteiger charge is 2.12. The van der Waals surface area contributed by atoms with Gasteiger partial charge < -0.3 is 9.80 Å². The molecule has 0 unspecified atom stereocenters. The van der Waals surface area contributed by atoms with Crippen LogP contribution < -0.4 is 4.90 Å². The monoisotopic (exact) mass is 196 g/mol. The van der Waals surface area contributed by atoms with Crippen molar-refractivity contribution in [1.82, 2.24) is 4.90 Å². The average Bonchev–Trinajstić information content (AvgIpc) is 2.57. The molecule has 1 heterocycles. The number of rotatable bonds is 1. The van der Waals surface area contributed by atoms with Gasteiger partial charge in [0.15, 0.2) is 11.6 Å². The minimum absolute atomic E-state index is 0.657. The van der Waals surface area contributed by atoms with Gasteiger partial charge in [-0.3, -0.25) is 0 Å². The summed E-state index contributed by atoms with van der Waals surface area (Å²) in [5, 5.41) is 0. The lowest BCUT2D eigenvalue weighted by molar-refractivity contribution is 0.492. The van der Waals surface area contributed by atoms with Crippen LogP contribution in [0.1, 0.15) is 0 Å². The molecule has 74 valence electrons. The molecule has 0 radical (unpaired) electrons. The molecule has 0 saturated heterocycles. The van der Waals surface area contributed by atoms with Gasteiger partial charge in [0.25, 0.3) is 0 Å². The van der Waals surface area contributed by atoms with Crippen LogP contribution in [0, 0.1) is 11.6 Å². The van der Waals surface area contributed by atoms with Crippen LogP contribution in [0.5, 0.6) is 0 Å². The fourth-order valence-electron chi connectivity index (χ4n) is 1.36. The predicted octanol–water partition coefficient (Wildman–Crippen LogP) is 2.15. The van der Waals surface area contributed by atoms with Crippen molar-refractivity contribution in [3.8, 4) is 0 Å². The topological polar surface area (TPSA) is 6.48 Å². The highest BCUT2D eigenvalue weighted by molar-refractivity contribution is 5.50. The van der Waals surface area contributed by atoms with Gasteiger partial charge in [0.2, 0.25) is 0 Å². The van der Waals surface area contributed by atoms with E-state index in [2.05, 4.69) is 0 Å². The molecule has 1 aliphatic heterocycles. The van der Waals surface area contributed by atoms with Gasteiger partial charge in [0.05, 0.1) is 6.67 Å². The molecular formula is C10H10F2N2. The highest BCUT2D eigenvalue weighted by atomic mass is 19.2. The van der Waals surface area contributed by atoms with Gasteiger partial charge in [-0.05, 0) is 12.1 Å². The number of benzene rings is 1. The molecule has 4 heteroatoms. The lowest BCUT2D eigenvalue weighted by Gasteiger charge is -2.18. The predicted molar refractivity (Wildman–Crippen MR) is 50.6 cm³/mol. The number of nitrogens with zero attached hydrogens (tertiary/aromatic N) is 2. The second-order valence-corrected chi connectivity index (χ2v) is 3.26. The summed E-state index contributed by atoms with van der Waals surface area (Å²) < 4.78 is 25.5. The molecule has 1 aromatic carbocycles. The maximum absolute atomic E-state index is 12.9. The molecule has 0 N–H and O–H groups in total. The second kappa shape index (κ2) is 3.29. The fourth-order valence-corrected chi connectivity index (χ4v) is 1.36. The van der Waals surface area contributed by atoms with Crippen LogP contribution in [-0.2, 0) is 0 Å². The highest BCUT2D eigenvalue weighted by Crippen LogP contribution is 2.20. The largest absolute Gasteiger partial charge is 0.361 e. The van der Waals surface area contributed by atoms with E-state index in [0.29, 0.717) is 12.4 Å². The van der Waals surface area contributed by atoms with Crippen molar-refractivity contribution in [3.63, 3.8) is 0 Å². The van der Waals surface area contributed by atoms with Gasteiger partial charge in [-0.2, -0.15) is 0 Å². The maximum Gasteiger partial charge on any atom is 0.160 e. The van der Waals surface area contributed by atoms with E-state index in [4.69, 9.17) is 0 Å². The molecule has 2 rings (SSSR count). The van der Waals surface area contributed by atoms with Crippen LogP contribution in [0.2, 0.25) is 0 Å². The maximum atomic E-state index is 12.9. The summed E-state index contributed by atoms with van der Waals surface area (Å²) in [7, 11) is 1.91. The smallest absolute Gasteiger partial charge is 0.160 e. The van der Waals surface area contributed by atoms with Crippen LogP contribution in [0.15, 0.2) is 30.6 Å². The third kappa shape index (κ3) is 1.55. The van der Waals surface area contributed by atoms with Crippen LogP contribution in [0.25, 0.3) is 0 Å². The summed E-state index contributed by atoms with van der Waals surface area (Å²) in [6.45, 7) is 0.658. The zero-order valence-corrected chi connectivity index (χ0v) is 7.74. The molecule has 0 saturated carbocycles. The average molecular weight is 196 g/mol. The third-order valence-electron chi connectivity index (χ3n) is 2.11. The standard InChI is InChI=1S/C10H10F2N2/c1-13-4-5-14(7-13)8-2-3-9(11)10(12)6-8/h2-6H,7H2,1H3. The van der Waals surface area contributed by atoms with Gasteiger partial charge in [0, 0.05) is 31.2 Å². The number of hydrogen-bond acceptors (Lipinski definition) is 2. The summed E-state index contributed by atoms with van der Waals surface area (Å²) >= 11 is 0. The molecule has 0 atom stereocenters. The summed E-state index contributed by atoms with van der Waals surface area (Å²) in [5.74, 6) is -1.63. The Hall–Kier alpha value is -1.58. The lowest BCUT2D eigenvalue weighted by Crippen LogP contribution is -2.21. The van der Waals surface area contributed by atoms with Gasteiger partial charge in [0.1, 0.15) is 0 Å². The Balaban J connectivity index is 2.25. The first-order chi connectivity index (χ1) is 6.66. The lowest BCUT2D eigenvalue weighted by atomic mass is 10.3. The minimum Gasteiger partial charge on any atom is -0.361 e. The third-order valence-corrected chi connectivity index (χ3v) is 2.11. The Morgan fingerprint density at radius 2 is 1.93 bits per heavy atom. The SMILES string of the molecule is CN1C=CN(c2ccc(F)c(F)c2)C1. The molecule has 0 bridgehead atoms. The first-order valence-electron chi connectivity index (χ1n) is 4.27. The van der Waals surface area contributed by atoms with Crippen LogP contribution >= 0.6 is 0 Å². The van der Waals surface area contributed by atoms with Crippen LogP contribution in [-0.4, -0.2) is 18.6 Å². The zero-order valence-electron chi connectivity index (χ0n) is 7.74. The molecule has 0 aliphatic carbocycles. The van der Waals surface area contributed by atoms with E-state index in [-0.39, 0.29) is 0 Å². The van der Waals surface area contributed by atoms with E-state index < -0.39 is 11.6 Å². The number of anilines is 1. The first kappa shape index (κ1) is 8.99. The first-order valence-corrected chi connectivity index (χ1v) is 4.27. The van der Waals surface area contributed by atoms with Gasteiger partial charge >= 0.3 is 0 Å². The molecule has 2 nitrogen and oxygen atoms in total. The van der Waals surface area contributed by atoms with Crippen molar-refractivity contribution >= 4 is 5.69 Å². The minimum atomic E-state index is -0.815. The van der Waals surface area contributed by atoms with Crippen LogP contribution in [0.4, 0.5) is 14.5 Å². The molecule has 0 aromatic heterocycles. The molecular weight excluding hydrogens is 186 g/mol. The van der Waals surface area contributed by atoms with Crippen molar-refractivity contribution in [2.75, 3.05) is 18.6 Å². The molecule has 1 aromatic rings. The number of halogens is 2. The summed E-state index contributed by atoms with van der Waals surface area (Å²) in [5.41, 5.74) is 0.657. The van der Waals surface area contributed by atoms with E-state index >= 15 is 0 Å². The van der Waals surface area contributed by atoms with Crippen molar-refractivity contribution in [3.05, 3.63) is 42.2 Å². The van der Waals surface area contributed by atoms with E-state index in [1.807, 2.05) is 29.2 Å². The number of hydrogen-bond donors (Lipinski definition) is 0. The molecule has 0 amide bonds. The Kier molecular flexibility index (Phi) is 2.11. The summed E-state index contributed by atoms with van der Waals surface area (Å²) in [4.78, 5) is 3.78. The Morgan fingerprint density at radius 1 is 1.14 bits per heavy atom. The molecule has 14 heavy (non-hydrogen) atoms. The van der Waals surface area contributed by atoms with Crippen molar-refractivity contribution in [2.45, 2.75) is 0 Å². The van der Waals surface area contributed by atoms with E-state index in [0.717, 1.165) is 6.07 Å². The molecule has 0 spiro atoms. The summed E-state index contributed by atoms with van der Waals surface area (Å²) in [6, 6.07) is 3.89. The summed E-state index contributed by atoms with van der Waals surface area (Å²) in [6.07, 6.45) is 3.70. The Morgan fingerprint density at radius 3 is 2.50 bits per heavy atom. The van der Waals surface area contributed by atoms with Crippen molar-refractivity contribution < 1.29 is 8.78 Å². The van der Waals surface area contributed by atoms with Gasteiger partial charge in [-0.15, -0.1) is 0 Å². The van der Waals surface area contributed by atoms with E-state index in [9.17, 15) is 8.78 Å². The fraction of sp³-hybridized carbons (Fsp3) is 0.200. The Bertz CT molecular complexity index is 376. The van der Waals surface area contributed by atoms with E-state index in [1.54, 1.807) is 6.07 Å². The van der Waals surface area contributed by atoms with Gasteiger partial charge in [-0.1, -0.05) is 0 Å². The quantitative estimate of drug-likeness (QED) is 0.679. The molecule has 0 fully saturated rings. The van der Waals surface area contributed by atoms with Crippen LogP contribution in [0.3, 0.4) is 0 Å². The normalized spacial score (nSPS) is 15.4. The van der Waals surface area contributed by atoms with Crippen molar-refractivity contribution in [1.29, 1.82) is 0 Å². The van der Waals surface area contributed by atoms with Crippen molar-refractivity contribution in [2.24, 2.45) is 0 Å². The zero-order chi connectivity index (χ0) is 10.1.